The van der Waals surface area contributed by atoms with Crippen molar-refractivity contribution in [2.75, 3.05) is 18.5 Å². The first-order chi connectivity index (χ1) is 17.0. The fourth-order valence-corrected chi connectivity index (χ4v) is 5.06. The Balaban J connectivity index is 1.44. The molecule has 1 aliphatic carbocycles. The van der Waals surface area contributed by atoms with Gasteiger partial charge >= 0.3 is 0 Å². The molecule has 1 fully saturated rings. The average molecular weight is 474 g/mol. The number of allylic oxidation sites excluding steroid dienone is 1. The highest BCUT2D eigenvalue weighted by atomic mass is 19.1. The molecule has 0 saturated heterocycles. The smallest absolute Gasteiger partial charge is 0.247 e. The van der Waals surface area contributed by atoms with Gasteiger partial charge in [0.15, 0.2) is 18.1 Å². The molecule has 1 saturated carbocycles. The van der Waals surface area contributed by atoms with Gasteiger partial charge < -0.3 is 16.0 Å². The van der Waals surface area contributed by atoms with E-state index in [0.29, 0.717) is 24.4 Å². The number of hydrogen-bond acceptors (Lipinski definition) is 8. The van der Waals surface area contributed by atoms with E-state index in [9.17, 15) is 14.0 Å². The van der Waals surface area contributed by atoms with E-state index in [0.717, 1.165) is 46.7 Å². The van der Waals surface area contributed by atoms with Crippen molar-refractivity contribution in [3.63, 3.8) is 0 Å². The van der Waals surface area contributed by atoms with Gasteiger partial charge in [-0.1, -0.05) is 12.1 Å². The maximum atomic E-state index is 14.5. The van der Waals surface area contributed by atoms with Gasteiger partial charge in [0.2, 0.25) is 5.91 Å². The largest absolute Gasteiger partial charge is 0.385 e. The molecule has 3 N–H and O–H groups in total. The number of nitrogens with two attached hydrogens (primary N) is 1. The fourth-order valence-electron chi connectivity index (χ4n) is 5.06. The van der Waals surface area contributed by atoms with Crippen LogP contribution in [0.2, 0.25) is 0 Å². The minimum absolute atomic E-state index is 0.370. The molecular formula is C25H24FN7O2. The third-order valence-corrected chi connectivity index (χ3v) is 6.86. The number of halogens is 1. The first-order valence-corrected chi connectivity index (χ1v) is 11.5. The molecule has 2 aromatic rings. The van der Waals surface area contributed by atoms with Crippen molar-refractivity contribution in [3.05, 3.63) is 71.1 Å². The number of benzene rings is 1. The van der Waals surface area contributed by atoms with Crippen molar-refractivity contribution in [1.29, 1.82) is 0 Å². The Bertz CT molecular complexity index is 1320. The predicted octanol–water partition coefficient (Wildman–Crippen LogP) is 1.73. The second-order valence-electron chi connectivity index (χ2n) is 8.92. The summed E-state index contributed by atoms with van der Waals surface area (Å²) in [6.45, 7) is 0.674. The van der Waals surface area contributed by atoms with E-state index in [2.05, 4.69) is 20.2 Å². The molecule has 0 bridgehead atoms. The number of pyridine rings is 1. The summed E-state index contributed by atoms with van der Waals surface area (Å²) in [5.41, 5.74) is 10.8. The molecule has 0 spiro atoms. The summed E-state index contributed by atoms with van der Waals surface area (Å²) >= 11 is 0. The molecule has 10 heteroatoms. The van der Waals surface area contributed by atoms with Crippen LogP contribution >= 0.6 is 0 Å². The summed E-state index contributed by atoms with van der Waals surface area (Å²) in [6.07, 6.45) is 5.94. The van der Waals surface area contributed by atoms with Gasteiger partial charge in [0.05, 0.1) is 17.4 Å². The van der Waals surface area contributed by atoms with Crippen LogP contribution in [0.25, 0.3) is 11.3 Å². The lowest BCUT2D eigenvalue weighted by Crippen LogP contribution is -2.56. The highest BCUT2D eigenvalue weighted by Crippen LogP contribution is 2.45. The van der Waals surface area contributed by atoms with E-state index in [-0.39, 0.29) is 0 Å². The van der Waals surface area contributed by atoms with Gasteiger partial charge in [-0.3, -0.25) is 19.6 Å². The summed E-state index contributed by atoms with van der Waals surface area (Å²) in [5.74, 6) is 0.766. The number of primary amides is 1. The minimum Gasteiger partial charge on any atom is -0.385 e. The number of hydrogen-bond donors (Lipinski definition) is 2. The first kappa shape index (κ1) is 21.3. The van der Waals surface area contributed by atoms with Crippen LogP contribution in [0, 0.1) is 0 Å². The third-order valence-electron chi connectivity index (χ3n) is 6.86. The number of anilines is 1. The monoisotopic (exact) mass is 473 g/mol. The van der Waals surface area contributed by atoms with Gasteiger partial charge in [-0.15, -0.1) is 0 Å². The van der Waals surface area contributed by atoms with Crippen LogP contribution in [-0.2, 0) is 11.2 Å². The number of aliphatic imine (C=N–C) groups is 1. The molecular weight excluding hydrogens is 449 g/mol. The zero-order chi connectivity index (χ0) is 24.3. The lowest BCUT2D eigenvalue weighted by Gasteiger charge is -2.45. The van der Waals surface area contributed by atoms with E-state index >= 15 is 0 Å². The summed E-state index contributed by atoms with van der Waals surface area (Å²) in [4.78, 5) is 34.3. The predicted molar refractivity (Wildman–Crippen MR) is 129 cm³/mol. The van der Waals surface area contributed by atoms with Gasteiger partial charge in [0.25, 0.3) is 0 Å². The average Bonchev–Trinajstić information content (AvgIpc) is 3.24. The lowest BCUT2D eigenvalue weighted by molar-refractivity contribution is -0.124. The number of nitrogens with one attached hydrogen (secondary N) is 1. The van der Waals surface area contributed by atoms with E-state index < -0.39 is 24.2 Å². The maximum absolute atomic E-state index is 14.5. The van der Waals surface area contributed by atoms with Gasteiger partial charge in [-0.05, 0) is 30.2 Å². The second-order valence-corrected chi connectivity index (χ2v) is 8.92. The molecule has 3 aliphatic heterocycles. The fraction of sp³-hybridized carbons (Fsp3) is 0.280. The number of carbonyl (C=O) groups excluding carboxylic acids is 2. The van der Waals surface area contributed by atoms with Gasteiger partial charge in [-0.25, -0.2) is 14.4 Å². The van der Waals surface area contributed by atoms with Crippen molar-refractivity contribution in [1.82, 2.24) is 20.3 Å². The van der Waals surface area contributed by atoms with E-state index in [4.69, 9.17) is 5.73 Å². The Kier molecular flexibility index (Phi) is 4.84. The molecule has 4 heterocycles. The number of carbonyl (C=O) groups is 2. The van der Waals surface area contributed by atoms with Crippen LogP contribution in [0.5, 0.6) is 0 Å². The molecule has 3 atom stereocenters. The highest BCUT2D eigenvalue weighted by Gasteiger charge is 2.52. The Labute approximate surface area is 201 Å². The van der Waals surface area contributed by atoms with Gasteiger partial charge in [0, 0.05) is 55.3 Å². The minimum atomic E-state index is -1.00. The maximum Gasteiger partial charge on any atom is 0.247 e. The number of alkyl halides is 1. The standard InChI is InChI=1S/C25H24FN7O2/c1-28-19-10-23(32(21-9-17(21)26)33-22(24(27)35)12-30-25(19)33)31-8-7-16-15(3-2-4-20(16)31)18-6-5-14(13-34)11-29-18/h2-6,10-13,17,21-22,28H,7-9H2,1H3,(H2,27,35)/t17-,21+,22?/m0/s1. The van der Waals surface area contributed by atoms with E-state index in [1.54, 1.807) is 24.3 Å². The third kappa shape index (κ3) is 3.28. The van der Waals surface area contributed by atoms with Gasteiger partial charge in [-0.2, -0.15) is 0 Å². The number of nitrogens with zero attached hydrogens (tertiary/aromatic N) is 5. The lowest BCUT2D eigenvalue weighted by atomic mass is 10.0. The number of likely N-dealkylation sites (N-methyl/N-ethyl adjacent to an activating group) is 1. The van der Waals surface area contributed by atoms with E-state index in [1.165, 1.54) is 6.21 Å². The van der Waals surface area contributed by atoms with Crippen LogP contribution < -0.4 is 16.0 Å². The molecule has 9 nitrogen and oxygen atoms in total. The van der Waals surface area contributed by atoms with Crippen LogP contribution in [0.4, 0.5) is 10.1 Å². The number of fused-ring (bicyclic) bond motifs is 2. The number of hydrazine groups is 1. The number of aromatic nitrogens is 1. The molecule has 1 aromatic heterocycles. The quantitative estimate of drug-likeness (QED) is 0.616. The van der Waals surface area contributed by atoms with Crippen molar-refractivity contribution >= 4 is 24.1 Å². The molecule has 1 aromatic carbocycles. The first-order valence-electron chi connectivity index (χ1n) is 11.5. The zero-order valence-corrected chi connectivity index (χ0v) is 19.1. The SMILES string of the molecule is CNC1=C2N=CC(C(N)=O)N2N([C@@H]2C[C@@H]2F)C(N2CCc3c(-c4ccc(C=O)cn4)cccc32)=C1. The van der Waals surface area contributed by atoms with Crippen molar-refractivity contribution in [2.24, 2.45) is 10.7 Å². The molecule has 35 heavy (non-hydrogen) atoms. The molecule has 178 valence electrons. The normalized spacial score (nSPS) is 24.3. The zero-order valence-electron chi connectivity index (χ0n) is 19.1. The Morgan fingerprint density at radius 2 is 2.09 bits per heavy atom. The van der Waals surface area contributed by atoms with Crippen LogP contribution in [0.3, 0.4) is 0 Å². The Hall–Kier alpha value is -4.21. The number of aldehydes is 1. The topological polar surface area (TPSA) is 107 Å². The highest BCUT2D eigenvalue weighted by molar-refractivity contribution is 5.98. The molecule has 1 unspecified atom stereocenters. The number of amides is 1. The van der Waals surface area contributed by atoms with Gasteiger partial charge in [0.1, 0.15) is 12.0 Å². The number of rotatable bonds is 6. The summed E-state index contributed by atoms with van der Waals surface area (Å²) in [5, 5.41) is 6.73. The Morgan fingerprint density at radius 1 is 1.26 bits per heavy atom. The Morgan fingerprint density at radius 3 is 2.74 bits per heavy atom. The molecule has 6 rings (SSSR count). The molecule has 1 amide bonds. The summed E-state index contributed by atoms with van der Waals surface area (Å²) in [6, 6.07) is 8.43. The van der Waals surface area contributed by atoms with Crippen LogP contribution in [0.1, 0.15) is 22.3 Å². The second kappa shape index (κ2) is 7.93. The van der Waals surface area contributed by atoms with Crippen molar-refractivity contribution < 1.29 is 14.0 Å². The molecule has 4 aliphatic rings. The van der Waals surface area contributed by atoms with Crippen LogP contribution in [-0.4, -0.2) is 65.3 Å². The van der Waals surface area contributed by atoms with Crippen molar-refractivity contribution in [2.45, 2.75) is 31.1 Å². The van der Waals surface area contributed by atoms with Crippen LogP contribution in [0.15, 0.2) is 64.9 Å². The molecule has 0 radical (unpaired) electrons. The van der Waals surface area contributed by atoms with Crippen molar-refractivity contribution in [3.8, 4) is 11.3 Å². The summed E-state index contributed by atoms with van der Waals surface area (Å²) < 4.78 is 14.5. The van der Waals surface area contributed by atoms with E-state index in [1.807, 2.05) is 35.4 Å². The summed E-state index contributed by atoms with van der Waals surface area (Å²) in [7, 11) is 1.79.